The van der Waals surface area contributed by atoms with Crippen molar-refractivity contribution in [3.05, 3.63) is 59.2 Å². The Bertz CT molecular complexity index is 845. The maximum Gasteiger partial charge on any atom is 0.227 e. The van der Waals surface area contributed by atoms with Crippen LogP contribution in [0, 0.1) is 5.41 Å². The normalized spacial score (nSPS) is 18.6. The van der Waals surface area contributed by atoms with Crippen molar-refractivity contribution in [1.82, 2.24) is 5.32 Å². The third-order valence-corrected chi connectivity index (χ3v) is 5.81. The van der Waals surface area contributed by atoms with Crippen molar-refractivity contribution >= 4 is 5.91 Å². The fourth-order valence-corrected chi connectivity index (χ4v) is 4.45. The van der Waals surface area contributed by atoms with E-state index in [2.05, 4.69) is 50.4 Å². The Morgan fingerprint density at radius 2 is 2.00 bits per heavy atom. The number of likely N-dealkylation sites (N-methyl/N-ethyl adjacent to an activating group) is 1. The van der Waals surface area contributed by atoms with Gasteiger partial charge in [-0.2, -0.15) is 0 Å². The Labute approximate surface area is 174 Å². The van der Waals surface area contributed by atoms with Gasteiger partial charge in [0.1, 0.15) is 11.5 Å². The van der Waals surface area contributed by atoms with E-state index in [-0.39, 0.29) is 29.1 Å². The summed E-state index contributed by atoms with van der Waals surface area (Å²) in [6, 6.07) is 14.2. The van der Waals surface area contributed by atoms with Crippen molar-refractivity contribution < 1.29 is 14.6 Å². The van der Waals surface area contributed by atoms with Crippen molar-refractivity contribution in [3.8, 4) is 11.5 Å². The van der Waals surface area contributed by atoms with E-state index in [0.29, 0.717) is 5.75 Å². The van der Waals surface area contributed by atoms with Crippen molar-refractivity contribution in [2.45, 2.75) is 64.9 Å². The zero-order chi connectivity index (χ0) is 21.0. The van der Waals surface area contributed by atoms with Gasteiger partial charge in [0.05, 0.1) is 12.0 Å². The number of benzene rings is 2. The van der Waals surface area contributed by atoms with Crippen LogP contribution in [0.4, 0.5) is 0 Å². The second-order valence-electron chi connectivity index (χ2n) is 9.03. The molecular formula is C25H33NO3. The molecule has 0 radical (unpaired) electrons. The molecule has 0 heterocycles. The highest BCUT2D eigenvalue weighted by molar-refractivity contribution is 5.85. The summed E-state index contributed by atoms with van der Waals surface area (Å²) in [6.07, 6.45) is 4.63. The van der Waals surface area contributed by atoms with E-state index in [9.17, 15) is 9.90 Å². The Balaban J connectivity index is 1.69. The minimum absolute atomic E-state index is 0.00343. The van der Waals surface area contributed by atoms with Crippen LogP contribution in [0.15, 0.2) is 42.5 Å². The van der Waals surface area contributed by atoms with Gasteiger partial charge in [0.25, 0.3) is 0 Å². The molecule has 2 unspecified atom stereocenters. The predicted molar refractivity (Wildman–Crippen MR) is 116 cm³/mol. The number of fused-ring (bicyclic) bond motifs is 1. The molecule has 0 saturated heterocycles. The predicted octanol–water partition coefficient (Wildman–Crippen LogP) is 4.98. The van der Waals surface area contributed by atoms with Gasteiger partial charge in [0.15, 0.2) is 0 Å². The van der Waals surface area contributed by atoms with Gasteiger partial charge in [-0.1, -0.05) is 44.2 Å². The molecule has 2 aromatic carbocycles. The highest BCUT2D eigenvalue weighted by Gasteiger charge is 2.37. The lowest BCUT2D eigenvalue weighted by Crippen LogP contribution is -2.34. The van der Waals surface area contributed by atoms with Gasteiger partial charge in [-0.25, -0.2) is 0 Å². The Hall–Kier alpha value is -2.49. The van der Waals surface area contributed by atoms with E-state index >= 15 is 0 Å². The number of aryl methyl sites for hydroxylation is 1. The Morgan fingerprint density at radius 3 is 2.69 bits per heavy atom. The van der Waals surface area contributed by atoms with Crippen LogP contribution in [0.1, 0.15) is 62.6 Å². The third kappa shape index (κ3) is 5.31. The van der Waals surface area contributed by atoms with E-state index in [0.717, 1.165) is 43.2 Å². The fraction of sp³-hybridized carbons (Fsp3) is 0.480. The minimum atomic E-state index is -0.323. The zero-order valence-electron chi connectivity index (χ0n) is 18.0. The first-order valence-corrected chi connectivity index (χ1v) is 10.6. The van der Waals surface area contributed by atoms with Gasteiger partial charge in [-0.05, 0) is 61.6 Å². The number of hydrogen-bond donors (Lipinski definition) is 2. The molecule has 1 amide bonds. The molecule has 2 atom stereocenters. The number of hydrogen-bond acceptors (Lipinski definition) is 3. The Kier molecular flexibility index (Phi) is 6.51. The lowest BCUT2D eigenvalue weighted by Gasteiger charge is -2.36. The van der Waals surface area contributed by atoms with Crippen LogP contribution in [0.5, 0.6) is 11.5 Å². The smallest absolute Gasteiger partial charge is 0.227 e. The highest BCUT2D eigenvalue weighted by Crippen LogP contribution is 2.47. The van der Waals surface area contributed by atoms with Crippen LogP contribution in [0.2, 0.25) is 0 Å². The molecule has 1 aliphatic rings. The van der Waals surface area contributed by atoms with E-state index in [1.807, 2.05) is 12.1 Å². The van der Waals surface area contributed by atoms with E-state index < -0.39 is 0 Å². The molecule has 1 aliphatic carbocycles. The van der Waals surface area contributed by atoms with Gasteiger partial charge in [-0.15, -0.1) is 0 Å². The number of phenolic OH excluding ortho intramolecular Hbond substituents is 1. The van der Waals surface area contributed by atoms with Crippen molar-refractivity contribution in [3.63, 3.8) is 0 Å². The number of aromatic hydroxyl groups is 1. The number of phenols is 1. The average molecular weight is 396 g/mol. The first-order valence-electron chi connectivity index (χ1n) is 10.6. The second-order valence-corrected chi connectivity index (χ2v) is 9.03. The van der Waals surface area contributed by atoms with Gasteiger partial charge in [0.2, 0.25) is 5.91 Å². The van der Waals surface area contributed by atoms with Crippen LogP contribution in [-0.4, -0.2) is 24.2 Å². The number of ether oxygens (including phenoxy) is 1. The summed E-state index contributed by atoms with van der Waals surface area (Å²) in [6.45, 7) is 6.41. The van der Waals surface area contributed by atoms with E-state index in [4.69, 9.17) is 4.74 Å². The molecule has 0 saturated carbocycles. The lowest BCUT2D eigenvalue weighted by atomic mass is 9.68. The molecule has 29 heavy (non-hydrogen) atoms. The molecular weight excluding hydrogens is 362 g/mol. The summed E-state index contributed by atoms with van der Waals surface area (Å²) >= 11 is 0. The summed E-state index contributed by atoms with van der Waals surface area (Å²) in [5.74, 6) is 0.480. The number of carbonyl (C=O) groups is 1. The monoisotopic (exact) mass is 395 g/mol. The number of nitrogens with one attached hydrogen (secondary N) is 1. The maximum absolute atomic E-state index is 12.4. The van der Waals surface area contributed by atoms with Gasteiger partial charge in [0, 0.05) is 18.7 Å². The standard InChI is InChI=1S/C25H33NO3/c1-17(9-8-12-18-10-6-5-7-11-18)29-20-13-19-15-25(2,3)16-21(24(28)26-4)23(19)22(27)14-20/h5-7,10-11,13-14,17,21,27H,8-9,12,15-16H2,1-4H3,(H,26,28). The van der Waals surface area contributed by atoms with Crippen molar-refractivity contribution in [2.75, 3.05) is 7.05 Å². The number of amides is 1. The van der Waals surface area contributed by atoms with Crippen molar-refractivity contribution in [1.29, 1.82) is 0 Å². The quantitative estimate of drug-likeness (QED) is 0.695. The minimum Gasteiger partial charge on any atom is -0.507 e. The first kappa shape index (κ1) is 21.2. The molecule has 0 aliphatic heterocycles. The molecule has 3 rings (SSSR count). The van der Waals surface area contributed by atoms with Crippen LogP contribution in [-0.2, 0) is 17.6 Å². The van der Waals surface area contributed by atoms with Gasteiger partial charge in [-0.3, -0.25) is 4.79 Å². The second kappa shape index (κ2) is 8.89. The SMILES string of the molecule is CNC(=O)C1CC(C)(C)Cc2cc(OC(C)CCCc3ccccc3)cc(O)c21. The van der Waals surface area contributed by atoms with Crippen LogP contribution in [0.3, 0.4) is 0 Å². The Morgan fingerprint density at radius 1 is 1.28 bits per heavy atom. The van der Waals surface area contributed by atoms with Crippen LogP contribution in [0.25, 0.3) is 0 Å². The molecule has 4 nitrogen and oxygen atoms in total. The molecule has 4 heteroatoms. The topological polar surface area (TPSA) is 58.6 Å². The van der Waals surface area contributed by atoms with E-state index in [1.165, 1.54) is 5.56 Å². The zero-order valence-corrected chi connectivity index (χ0v) is 18.0. The molecule has 156 valence electrons. The maximum atomic E-state index is 12.4. The molecule has 0 spiro atoms. The van der Waals surface area contributed by atoms with Gasteiger partial charge < -0.3 is 15.2 Å². The average Bonchev–Trinajstić information content (AvgIpc) is 2.66. The lowest BCUT2D eigenvalue weighted by molar-refractivity contribution is -0.123. The molecule has 2 N–H and O–H groups in total. The third-order valence-electron chi connectivity index (χ3n) is 5.81. The summed E-state index contributed by atoms with van der Waals surface area (Å²) in [7, 11) is 1.65. The molecule has 2 aromatic rings. The number of carbonyl (C=O) groups excluding carboxylic acids is 1. The van der Waals surface area contributed by atoms with Crippen LogP contribution < -0.4 is 10.1 Å². The molecule has 0 aromatic heterocycles. The summed E-state index contributed by atoms with van der Waals surface area (Å²) < 4.78 is 6.13. The largest absolute Gasteiger partial charge is 0.507 e. The van der Waals surface area contributed by atoms with Gasteiger partial charge >= 0.3 is 0 Å². The highest BCUT2D eigenvalue weighted by atomic mass is 16.5. The molecule has 0 fully saturated rings. The van der Waals surface area contributed by atoms with E-state index in [1.54, 1.807) is 13.1 Å². The fourth-order valence-electron chi connectivity index (χ4n) is 4.45. The summed E-state index contributed by atoms with van der Waals surface area (Å²) in [4.78, 5) is 12.4. The summed E-state index contributed by atoms with van der Waals surface area (Å²) in [5, 5.41) is 13.4. The molecule has 0 bridgehead atoms. The van der Waals surface area contributed by atoms with Crippen molar-refractivity contribution in [2.24, 2.45) is 5.41 Å². The first-order chi connectivity index (χ1) is 13.8. The summed E-state index contributed by atoms with van der Waals surface area (Å²) in [5.41, 5.74) is 3.11. The van der Waals surface area contributed by atoms with Crippen LogP contribution >= 0.6 is 0 Å². The number of rotatable bonds is 7.